The Balaban J connectivity index is 0.000000193. The van der Waals surface area contributed by atoms with Crippen LogP contribution in [0.15, 0.2) is 78.9 Å². The second-order valence-electron chi connectivity index (χ2n) is 5.39. The van der Waals surface area contributed by atoms with E-state index >= 15 is 0 Å². The average molecular weight is 465 g/mol. The number of benzene rings is 2. The second kappa shape index (κ2) is 13.5. The molecule has 0 aliphatic rings. The van der Waals surface area contributed by atoms with Crippen molar-refractivity contribution in [2.75, 3.05) is 0 Å². The van der Waals surface area contributed by atoms with Gasteiger partial charge in [0.05, 0.1) is 0 Å². The molecule has 128 valence electrons. The molecule has 0 heterocycles. The SMILES string of the molecule is C[Si]C.Cc1cc2ccccc2[cH-]1.[Cl][Zr+2][Cl].c1ccc2[cH-]ccc2c1. The Labute approximate surface area is 172 Å². The van der Waals surface area contributed by atoms with Crippen LogP contribution in [0.4, 0.5) is 0 Å². The van der Waals surface area contributed by atoms with Gasteiger partial charge in [0.1, 0.15) is 0 Å². The van der Waals surface area contributed by atoms with E-state index in [4.69, 9.17) is 17.0 Å². The molecule has 0 saturated heterocycles. The topological polar surface area (TPSA) is 0 Å². The van der Waals surface area contributed by atoms with Crippen molar-refractivity contribution in [3.05, 3.63) is 84.4 Å². The molecule has 0 bridgehead atoms. The predicted octanol–water partition coefficient (Wildman–Crippen LogP) is 7.59. The third kappa shape index (κ3) is 8.51. The maximum absolute atomic E-state index is 4.93. The van der Waals surface area contributed by atoms with Gasteiger partial charge in [0.25, 0.3) is 0 Å². The van der Waals surface area contributed by atoms with Gasteiger partial charge in [-0.15, -0.1) is 70.3 Å². The van der Waals surface area contributed by atoms with E-state index < -0.39 is 20.8 Å². The molecule has 0 fully saturated rings. The molecule has 25 heavy (non-hydrogen) atoms. The fraction of sp³-hybridized carbons (Fsp3) is 0.143. The van der Waals surface area contributed by atoms with Gasteiger partial charge < -0.3 is 0 Å². The molecule has 0 atom stereocenters. The summed E-state index contributed by atoms with van der Waals surface area (Å²) in [6, 6.07) is 27.5. The standard InChI is InChI=1S/C10H9.C9H7.C2H6Si.2ClH.Zr/c1-8-6-9-4-2-3-5-10(9)7-8;1-2-5-9-7-3-6-8(9)4-1;1-3-2;;;/h2-7H,1H3;1-7H;1-2H3;2*1H;/q2*-1;;;;+4/p-2. The Morgan fingerprint density at radius 3 is 1.92 bits per heavy atom. The van der Waals surface area contributed by atoms with Gasteiger partial charge in [-0.25, -0.2) is 0 Å². The Hall–Kier alpha value is -0.660. The normalized spacial score (nSPS) is 9.00. The van der Waals surface area contributed by atoms with E-state index in [0.29, 0.717) is 0 Å². The van der Waals surface area contributed by atoms with Gasteiger partial charge in [-0.05, 0) is 0 Å². The zero-order valence-electron chi connectivity index (χ0n) is 14.8. The molecule has 0 aromatic heterocycles. The van der Waals surface area contributed by atoms with E-state index in [1.165, 1.54) is 27.1 Å². The zero-order valence-corrected chi connectivity index (χ0v) is 19.7. The largest absolute Gasteiger partial charge is 0.168 e. The van der Waals surface area contributed by atoms with Crippen LogP contribution in [-0.4, -0.2) is 9.52 Å². The molecule has 0 aliphatic carbocycles. The minimum atomic E-state index is -0.826. The van der Waals surface area contributed by atoms with Crippen molar-refractivity contribution in [1.29, 1.82) is 0 Å². The molecule has 0 N–H and O–H groups in total. The van der Waals surface area contributed by atoms with Crippen LogP contribution in [-0.2, 0) is 20.8 Å². The van der Waals surface area contributed by atoms with Crippen molar-refractivity contribution >= 4 is 48.1 Å². The summed E-state index contributed by atoms with van der Waals surface area (Å²) in [5.74, 6) is 0. The first kappa shape index (κ1) is 22.4. The van der Waals surface area contributed by atoms with Crippen molar-refractivity contribution in [2.24, 2.45) is 0 Å². The number of hydrogen-bond donors (Lipinski definition) is 0. The fourth-order valence-corrected chi connectivity index (χ4v) is 2.38. The van der Waals surface area contributed by atoms with Crippen molar-refractivity contribution < 1.29 is 20.8 Å². The molecule has 0 nitrogen and oxygen atoms in total. The quantitative estimate of drug-likeness (QED) is 0.186. The van der Waals surface area contributed by atoms with Gasteiger partial charge in [-0.2, -0.15) is 23.6 Å². The molecule has 2 radical (unpaired) electrons. The van der Waals surface area contributed by atoms with Gasteiger partial charge >= 0.3 is 37.9 Å². The average Bonchev–Trinajstić information content (AvgIpc) is 3.21. The summed E-state index contributed by atoms with van der Waals surface area (Å²) >= 11 is -0.826. The molecular formula is C21H22Cl2SiZr. The Bertz CT molecular complexity index is 771. The molecule has 0 unspecified atom stereocenters. The van der Waals surface area contributed by atoms with Crippen LogP contribution in [0.5, 0.6) is 0 Å². The molecule has 0 aliphatic heterocycles. The summed E-state index contributed by atoms with van der Waals surface area (Å²) in [6.07, 6.45) is 0. The number of aryl methyl sites for hydroxylation is 1. The van der Waals surface area contributed by atoms with E-state index in [0.717, 1.165) is 9.52 Å². The van der Waals surface area contributed by atoms with Gasteiger partial charge in [0, 0.05) is 9.52 Å². The minimum Gasteiger partial charge on any atom is -0.168 e. The zero-order chi connectivity index (χ0) is 18.5. The van der Waals surface area contributed by atoms with E-state index in [9.17, 15) is 0 Å². The van der Waals surface area contributed by atoms with Gasteiger partial charge in [0.15, 0.2) is 0 Å². The molecular weight excluding hydrogens is 442 g/mol. The molecule has 4 aromatic carbocycles. The number of rotatable bonds is 0. The smallest absolute Gasteiger partial charge is 0.0809 e. The Morgan fingerprint density at radius 1 is 0.840 bits per heavy atom. The summed E-state index contributed by atoms with van der Waals surface area (Å²) in [4.78, 5) is 0. The number of hydrogen-bond acceptors (Lipinski definition) is 0. The molecule has 0 amide bonds. The monoisotopic (exact) mass is 462 g/mol. The molecule has 4 aromatic rings. The molecule has 4 rings (SSSR count). The minimum absolute atomic E-state index is 0.826. The van der Waals surface area contributed by atoms with Crippen LogP contribution in [0.1, 0.15) is 5.56 Å². The van der Waals surface area contributed by atoms with Crippen LogP contribution in [0.2, 0.25) is 13.1 Å². The first-order valence-electron chi connectivity index (χ1n) is 7.93. The van der Waals surface area contributed by atoms with E-state index in [-0.39, 0.29) is 0 Å². The molecule has 4 heteroatoms. The fourth-order valence-electron chi connectivity index (χ4n) is 2.38. The van der Waals surface area contributed by atoms with Crippen LogP contribution in [0.25, 0.3) is 21.5 Å². The summed E-state index contributed by atoms with van der Waals surface area (Å²) < 4.78 is 0. The van der Waals surface area contributed by atoms with E-state index in [1.54, 1.807) is 0 Å². The summed E-state index contributed by atoms with van der Waals surface area (Å²) in [7, 11) is 11.0. The van der Waals surface area contributed by atoms with Crippen LogP contribution in [0, 0.1) is 6.92 Å². The molecule has 0 saturated carbocycles. The number of fused-ring (bicyclic) bond motifs is 2. The van der Waals surface area contributed by atoms with Crippen molar-refractivity contribution in [2.45, 2.75) is 20.0 Å². The Morgan fingerprint density at radius 2 is 1.36 bits per heavy atom. The third-order valence-corrected chi connectivity index (χ3v) is 3.31. The maximum atomic E-state index is 4.93. The van der Waals surface area contributed by atoms with E-state index in [2.05, 4.69) is 98.9 Å². The first-order valence-corrected chi connectivity index (χ1v) is 16.3. The van der Waals surface area contributed by atoms with Gasteiger partial charge in [-0.3, -0.25) is 0 Å². The summed E-state index contributed by atoms with van der Waals surface area (Å²) in [5, 5.41) is 5.36. The van der Waals surface area contributed by atoms with Crippen LogP contribution < -0.4 is 0 Å². The van der Waals surface area contributed by atoms with Crippen LogP contribution >= 0.6 is 17.0 Å². The second-order valence-corrected chi connectivity index (χ2v) is 10.1. The number of halogens is 2. The molecule has 0 spiro atoms. The van der Waals surface area contributed by atoms with Crippen LogP contribution in [0.3, 0.4) is 0 Å². The van der Waals surface area contributed by atoms with Gasteiger partial charge in [0.2, 0.25) is 0 Å². The predicted molar refractivity (Wildman–Crippen MR) is 113 cm³/mol. The van der Waals surface area contributed by atoms with Crippen molar-refractivity contribution in [3.63, 3.8) is 0 Å². The summed E-state index contributed by atoms with van der Waals surface area (Å²) in [6.45, 7) is 6.43. The third-order valence-electron chi connectivity index (χ3n) is 3.31. The van der Waals surface area contributed by atoms with E-state index in [1.807, 2.05) is 0 Å². The Kier molecular flexibility index (Phi) is 12.1. The maximum Gasteiger partial charge on any atom is -0.0809 e. The summed E-state index contributed by atoms with van der Waals surface area (Å²) in [5.41, 5.74) is 1.35. The van der Waals surface area contributed by atoms with Crippen molar-refractivity contribution in [1.82, 2.24) is 0 Å². The first-order chi connectivity index (χ1) is 12.2. The van der Waals surface area contributed by atoms with Gasteiger partial charge in [-0.1, -0.05) is 32.2 Å². The van der Waals surface area contributed by atoms with Crippen molar-refractivity contribution in [3.8, 4) is 0 Å².